The van der Waals surface area contributed by atoms with Gasteiger partial charge in [-0.05, 0) is 42.8 Å². The van der Waals surface area contributed by atoms with Gasteiger partial charge in [-0.25, -0.2) is 0 Å². The van der Waals surface area contributed by atoms with E-state index in [0.717, 1.165) is 28.1 Å². The number of amides is 2. The second-order valence-electron chi connectivity index (χ2n) is 7.41. The number of anilines is 2. The fraction of sp³-hybridized carbons (Fsp3) is 0.261. The number of nitrogens with zero attached hydrogens (tertiary/aromatic N) is 2. The summed E-state index contributed by atoms with van der Waals surface area (Å²) in [5.41, 5.74) is 10.6. The third-order valence-corrected chi connectivity index (χ3v) is 5.22. The van der Waals surface area contributed by atoms with E-state index in [1.807, 2.05) is 42.9 Å². The lowest BCUT2D eigenvalue weighted by Gasteiger charge is -2.14. The SMILES string of the molecule is CCOc1cc2c(cc1OCC(N)=O)-c1c(c(Nc3cccc(C(=O)NC)c3)nn1C)C2. The van der Waals surface area contributed by atoms with Crippen LogP contribution in [0.5, 0.6) is 11.5 Å². The Hall–Kier alpha value is -4.01. The maximum Gasteiger partial charge on any atom is 0.255 e. The number of primary amides is 1. The molecule has 0 bridgehead atoms. The number of rotatable bonds is 8. The number of carbonyl (C=O) groups excluding carboxylic acids is 2. The monoisotopic (exact) mass is 435 g/mol. The zero-order chi connectivity index (χ0) is 22.8. The van der Waals surface area contributed by atoms with Crippen molar-refractivity contribution in [2.45, 2.75) is 13.3 Å². The smallest absolute Gasteiger partial charge is 0.255 e. The van der Waals surface area contributed by atoms with Crippen LogP contribution in [0.25, 0.3) is 11.3 Å². The Morgan fingerprint density at radius 2 is 1.97 bits per heavy atom. The molecule has 2 amide bonds. The van der Waals surface area contributed by atoms with E-state index in [-0.39, 0.29) is 12.5 Å². The molecule has 0 atom stereocenters. The molecule has 0 spiro atoms. The Bertz CT molecular complexity index is 1200. The van der Waals surface area contributed by atoms with Crippen LogP contribution in [0.1, 0.15) is 28.4 Å². The van der Waals surface area contributed by atoms with E-state index in [1.54, 1.807) is 19.2 Å². The third kappa shape index (κ3) is 3.96. The van der Waals surface area contributed by atoms with Gasteiger partial charge in [-0.3, -0.25) is 14.3 Å². The molecule has 0 radical (unpaired) electrons. The Kier molecular flexibility index (Phi) is 5.72. The van der Waals surface area contributed by atoms with Gasteiger partial charge in [-0.15, -0.1) is 0 Å². The van der Waals surface area contributed by atoms with Crippen molar-refractivity contribution in [2.24, 2.45) is 12.8 Å². The minimum absolute atomic E-state index is 0.153. The predicted octanol–water partition coefficient (Wildman–Crippen LogP) is 2.36. The van der Waals surface area contributed by atoms with Crippen molar-refractivity contribution in [2.75, 3.05) is 25.6 Å². The van der Waals surface area contributed by atoms with Crippen LogP contribution in [0.3, 0.4) is 0 Å². The number of aryl methyl sites for hydroxylation is 1. The lowest BCUT2D eigenvalue weighted by Crippen LogP contribution is -2.20. The summed E-state index contributed by atoms with van der Waals surface area (Å²) in [5.74, 6) is 1.04. The van der Waals surface area contributed by atoms with E-state index in [1.165, 1.54) is 0 Å². The van der Waals surface area contributed by atoms with Crippen LogP contribution in [0.15, 0.2) is 36.4 Å². The van der Waals surface area contributed by atoms with Gasteiger partial charge in [0.1, 0.15) is 0 Å². The van der Waals surface area contributed by atoms with Crippen molar-refractivity contribution in [1.29, 1.82) is 0 Å². The summed E-state index contributed by atoms with van der Waals surface area (Å²) in [6, 6.07) is 11.1. The Balaban J connectivity index is 1.68. The van der Waals surface area contributed by atoms with E-state index >= 15 is 0 Å². The molecule has 9 heteroatoms. The average molecular weight is 435 g/mol. The van der Waals surface area contributed by atoms with Crippen LogP contribution in [0.4, 0.5) is 11.5 Å². The lowest BCUT2D eigenvalue weighted by atomic mass is 10.1. The molecule has 0 fully saturated rings. The minimum atomic E-state index is -0.556. The van der Waals surface area contributed by atoms with Gasteiger partial charge in [0.25, 0.3) is 11.8 Å². The molecular formula is C23H25N5O4. The summed E-state index contributed by atoms with van der Waals surface area (Å²) in [7, 11) is 3.48. The molecule has 4 rings (SSSR count). The highest BCUT2D eigenvalue weighted by atomic mass is 16.5. The summed E-state index contributed by atoms with van der Waals surface area (Å²) >= 11 is 0. The maximum absolute atomic E-state index is 12.0. The van der Waals surface area contributed by atoms with Crippen LogP contribution in [0.2, 0.25) is 0 Å². The van der Waals surface area contributed by atoms with E-state index in [4.69, 9.17) is 15.2 Å². The molecule has 166 valence electrons. The van der Waals surface area contributed by atoms with E-state index in [2.05, 4.69) is 15.7 Å². The van der Waals surface area contributed by atoms with Gasteiger partial charge in [0, 0.05) is 42.9 Å². The van der Waals surface area contributed by atoms with Gasteiger partial charge in [-0.2, -0.15) is 5.10 Å². The second-order valence-corrected chi connectivity index (χ2v) is 7.41. The first-order chi connectivity index (χ1) is 15.4. The number of hydrogen-bond acceptors (Lipinski definition) is 6. The first-order valence-corrected chi connectivity index (χ1v) is 10.3. The Labute approximate surface area is 185 Å². The molecule has 0 unspecified atom stereocenters. The van der Waals surface area contributed by atoms with Gasteiger partial charge in [0.15, 0.2) is 23.9 Å². The van der Waals surface area contributed by atoms with Crippen LogP contribution in [-0.4, -0.2) is 41.9 Å². The molecule has 9 nitrogen and oxygen atoms in total. The van der Waals surface area contributed by atoms with Gasteiger partial charge >= 0.3 is 0 Å². The highest BCUT2D eigenvalue weighted by molar-refractivity contribution is 5.95. The fourth-order valence-electron chi connectivity index (χ4n) is 3.88. The molecule has 1 aromatic heterocycles. The molecule has 1 aliphatic rings. The normalized spacial score (nSPS) is 11.5. The van der Waals surface area contributed by atoms with Gasteiger partial charge in [0.2, 0.25) is 0 Å². The summed E-state index contributed by atoms with van der Waals surface area (Å²) in [6.45, 7) is 2.12. The number of fused-ring (bicyclic) bond motifs is 3. The number of aromatic nitrogens is 2. The Morgan fingerprint density at radius 1 is 1.19 bits per heavy atom. The molecule has 32 heavy (non-hydrogen) atoms. The molecule has 4 N–H and O–H groups in total. The largest absolute Gasteiger partial charge is 0.490 e. The zero-order valence-corrected chi connectivity index (χ0v) is 18.2. The van der Waals surface area contributed by atoms with Gasteiger partial charge < -0.3 is 25.8 Å². The van der Waals surface area contributed by atoms with Crippen LogP contribution < -0.4 is 25.8 Å². The Morgan fingerprint density at radius 3 is 2.69 bits per heavy atom. The lowest BCUT2D eigenvalue weighted by molar-refractivity contribution is -0.119. The molecule has 0 saturated heterocycles. The van der Waals surface area contributed by atoms with Crippen molar-refractivity contribution in [1.82, 2.24) is 15.1 Å². The van der Waals surface area contributed by atoms with Gasteiger partial charge in [-0.1, -0.05) is 6.07 Å². The molecule has 2 aromatic carbocycles. The molecule has 0 aliphatic heterocycles. The highest BCUT2D eigenvalue weighted by Crippen LogP contribution is 2.45. The number of nitrogens with one attached hydrogen (secondary N) is 2. The number of nitrogens with two attached hydrogens (primary N) is 1. The summed E-state index contributed by atoms with van der Waals surface area (Å²) in [4.78, 5) is 23.2. The van der Waals surface area contributed by atoms with Crippen LogP contribution >= 0.6 is 0 Å². The quantitative estimate of drug-likeness (QED) is 0.391. The molecular weight excluding hydrogens is 410 g/mol. The van der Waals surface area contributed by atoms with Crippen molar-refractivity contribution in [3.05, 3.63) is 53.1 Å². The summed E-state index contributed by atoms with van der Waals surface area (Å²) in [6.07, 6.45) is 0.659. The number of hydrogen-bond donors (Lipinski definition) is 3. The highest BCUT2D eigenvalue weighted by Gasteiger charge is 2.29. The fourth-order valence-corrected chi connectivity index (χ4v) is 3.88. The maximum atomic E-state index is 12.0. The number of carbonyl (C=O) groups is 2. The van der Waals surface area contributed by atoms with E-state index < -0.39 is 5.91 Å². The molecule has 3 aromatic rings. The predicted molar refractivity (Wildman–Crippen MR) is 120 cm³/mol. The molecule has 0 saturated carbocycles. The van der Waals surface area contributed by atoms with Crippen molar-refractivity contribution < 1.29 is 19.1 Å². The molecule has 1 heterocycles. The second kappa shape index (κ2) is 8.62. The van der Waals surface area contributed by atoms with E-state index in [9.17, 15) is 9.59 Å². The van der Waals surface area contributed by atoms with Crippen LogP contribution in [-0.2, 0) is 18.3 Å². The van der Waals surface area contributed by atoms with E-state index in [0.29, 0.717) is 35.9 Å². The first-order valence-electron chi connectivity index (χ1n) is 10.3. The third-order valence-electron chi connectivity index (χ3n) is 5.22. The van der Waals surface area contributed by atoms with Crippen molar-refractivity contribution in [3.8, 4) is 22.8 Å². The zero-order valence-electron chi connectivity index (χ0n) is 18.2. The van der Waals surface area contributed by atoms with Crippen molar-refractivity contribution >= 4 is 23.3 Å². The van der Waals surface area contributed by atoms with Crippen molar-refractivity contribution in [3.63, 3.8) is 0 Å². The summed E-state index contributed by atoms with van der Waals surface area (Å²) in [5, 5.41) is 10.6. The topological polar surface area (TPSA) is 120 Å². The number of benzene rings is 2. The van der Waals surface area contributed by atoms with Gasteiger partial charge in [0.05, 0.1) is 12.3 Å². The first kappa shape index (κ1) is 21.2. The number of ether oxygens (including phenoxy) is 2. The standard InChI is InChI=1S/C23H25N5O4/c1-4-31-18-10-14-9-17-21(16(14)11-19(18)32-12-20(24)29)28(3)27-22(17)26-15-7-5-6-13(8-15)23(30)25-2/h5-8,10-11H,4,9,12H2,1-3H3,(H2,24,29)(H,25,30)(H,26,27). The molecule has 1 aliphatic carbocycles. The average Bonchev–Trinajstić information content (AvgIpc) is 3.29. The minimum Gasteiger partial charge on any atom is -0.490 e. The van der Waals surface area contributed by atoms with Crippen LogP contribution in [0, 0.1) is 0 Å². The summed E-state index contributed by atoms with van der Waals surface area (Å²) < 4.78 is 13.1.